The van der Waals surface area contributed by atoms with Gasteiger partial charge in [0.05, 0.1) is 0 Å². The molecule has 8 nitrogen and oxygen atoms in total. The first kappa shape index (κ1) is 17.0. The van der Waals surface area contributed by atoms with E-state index in [-0.39, 0.29) is 17.9 Å². The van der Waals surface area contributed by atoms with Gasteiger partial charge in [-0.3, -0.25) is 4.79 Å². The molecule has 1 aromatic rings. The van der Waals surface area contributed by atoms with Crippen molar-refractivity contribution in [3.8, 4) is 0 Å². The summed E-state index contributed by atoms with van der Waals surface area (Å²) in [6.07, 6.45) is 5.06. The number of carbonyl (C=O) groups excluding carboxylic acids is 2. The highest BCUT2D eigenvalue weighted by molar-refractivity contribution is 5.86. The maximum absolute atomic E-state index is 12.3. The van der Waals surface area contributed by atoms with E-state index >= 15 is 0 Å². The van der Waals surface area contributed by atoms with Crippen LogP contribution in [0.3, 0.4) is 0 Å². The van der Waals surface area contributed by atoms with Crippen molar-refractivity contribution in [2.24, 2.45) is 11.7 Å². The normalized spacial score (nSPS) is 16.9. The van der Waals surface area contributed by atoms with Gasteiger partial charge in [0, 0.05) is 31.5 Å². The number of hydrogen-bond donors (Lipinski definition) is 3. The molecule has 0 aromatic carbocycles. The average molecular weight is 320 g/mol. The summed E-state index contributed by atoms with van der Waals surface area (Å²) in [7, 11) is 0. The number of nitrogens with two attached hydrogens (primary N) is 1. The Labute approximate surface area is 135 Å². The fourth-order valence-corrected chi connectivity index (χ4v) is 2.66. The van der Waals surface area contributed by atoms with Crippen LogP contribution in [0, 0.1) is 5.92 Å². The lowest BCUT2D eigenvalue weighted by atomic mass is 10.0. The summed E-state index contributed by atoms with van der Waals surface area (Å²) in [4.78, 5) is 33.9. The lowest BCUT2D eigenvalue weighted by Crippen LogP contribution is -2.55. The second kappa shape index (κ2) is 7.75. The number of anilines is 1. The number of amides is 3. The minimum absolute atomic E-state index is 0.0275. The Balaban J connectivity index is 1.85. The lowest BCUT2D eigenvalue weighted by Gasteiger charge is -2.33. The summed E-state index contributed by atoms with van der Waals surface area (Å²) < 4.78 is 0. The number of rotatable bonds is 5. The van der Waals surface area contributed by atoms with Crippen LogP contribution in [0.4, 0.5) is 10.7 Å². The molecule has 23 heavy (non-hydrogen) atoms. The van der Waals surface area contributed by atoms with Gasteiger partial charge >= 0.3 is 6.03 Å². The molecule has 0 radical (unpaired) electrons. The molecule has 8 heteroatoms. The van der Waals surface area contributed by atoms with E-state index in [1.54, 1.807) is 18.5 Å². The van der Waals surface area contributed by atoms with Crippen LogP contribution in [0.15, 0.2) is 18.5 Å². The highest BCUT2D eigenvalue weighted by atomic mass is 16.2. The topological polar surface area (TPSA) is 113 Å². The van der Waals surface area contributed by atoms with Crippen LogP contribution in [-0.2, 0) is 4.79 Å². The second-order valence-electron chi connectivity index (χ2n) is 6.05. The van der Waals surface area contributed by atoms with Crippen LogP contribution in [0.25, 0.3) is 0 Å². The van der Waals surface area contributed by atoms with Gasteiger partial charge in [-0.2, -0.15) is 0 Å². The molecule has 1 atom stereocenters. The molecule has 1 aliphatic rings. The van der Waals surface area contributed by atoms with Gasteiger partial charge in [0.15, 0.2) is 0 Å². The van der Waals surface area contributed by atoms with Crippen molar-refractivity contribution >= 4 is 17.9 Å². The molecule has 1 saturated heterocycles. The largest absolute Gasteiger partial charge is 0.352 e. The summed E-state index contributed by atoms with van der Waals surface area (Å²) in [5, 5.41) is 5.50. The lowest BCUT2D eigenvalue weighted by molar-refractivity contribution is -0.124. The zero-order chi connectivity index (χ0) is 16.8. The van der Waals surface area contributed by atoms with Crippen molar-refractivity contribution in [3.05, 3.63) is 18.5 Å². The van der Waals surface area contributed by atoms with Crippen LogP contribution in [0.2, 0.25) is 0 Å². The van der Waals surface area contributed by atoms with Crippen molar-refractivity contribution in [3.63, 3.8) is 0 Å². The molecule has 0 bridgehead atoms. The summed E-state index contributed by atoms with van der Waals surface area (Å²) >= 11 is 0. The fraction of sp³-hybridized carbons (Fsp3) is 0.600. The fourth-order valence-electron chi connectivity index (χ4n) is 2.66. The van der Waals surface area contributed by atoms with E-state index in [1.807, 2.05) is 13.8 Å². The highest BCUT2D eigenvalue weighted by Crippen LogP contribution is 2.15. The number of carbonyl (C=O) groups is 2. The zero-order valence-electron chi connectivity index (χ0n) is 13.5. The van der Waals surface area contributed by atoms with E-state index in [4.69, 9.17) is 5.73 Å². The molecule has 2 heterocycles. The minimum atomic E-state index is -0.685. The SMILES string of the molecule is CC(C)C(NC(N)=O)C(=O)NC1CCN(c2ncccn2)CC1. The molecule has 1 aromatic heterocycles. The van der Waals surface area contributed by atoms with Gasteiger partial charge in [-0.05, 0) is 24.8 Å². The molecule has 1 aliphatic heterocycles. The number of piperidine rings is 1. The molecule has 3 amide bonds. The number of hydrogen-bond acceptors (Lipinski definition) is 5. The van der Waals surface area contributed by atoms with Gasteiger partial charge in [0.25, 0.3) is 0 Å². The average Bonchev–Trinajstić information content (AvgIpc) is 2.53. The third kappa shape index (κ3) is 4.80. The Morgan fingerprint density at radius 3 is 2.39 bits per heavy atom. The van der Waals surface area contributed by atoms with Gasteiger partial charge in [0.2, 0.25) is 11.9 Å². The van der Waals surface area contributed by atoms with Crippen LogP contribution in [0.1, 0.15) is 26.7 Å². The van der Waals surface area contributed by atoms with E-state index in [1.165, 1.54) is 0 Å². The van der Waals surface area contributed by atoms with E-state index in [2.05, 4.69) is 25.5 Å². The molecule has 1 unspecified atom stereocenters. The maximum atomic E-state index is 12.3. The second-order valence-corrected chi connectivity index (χ2v) is 6.05. The molecule has 4 N–H and O–H groups in total. The molecule has 0 saturated carbocycles. The molecular weight excluding hydrogens is 296 g/mol. The zero-order valence-corrected chi connectivity index (χ0v) is 13.5. The summed E-state index contributed by atoms with van der Waals surface area (Å²) in [5.41, 5.74) is 5.13. The predicted molar refractivity (Wildman–Crippen MR) is 86.8 cm³/mol. The molecule has 0 aliphatic carbocycles. The summed E-state index contributed by atoms with van der Waals surface area (Å²) in [6.45, 7) is 5.31. The summed E-state index contributed by atoms with van der Waals surface area (Å²) in [5.74, 6) is 0.501. The van der Waals surface area contributed by atoms with Crippen molar-refractivity contribution in [1.82, 2.24) is 20.6 Å². The Morgan fingerprint density at radius 1 is 1.26 bits per heavy atom. The Morgan fingerprint density at radius 2 is 1.87 bits per heavy atom. The Bertz CT molecular complexity index is 528. The number of aromatic nitrogens is 2. The van der Waals surface area contributed by atoms with Gasteiger partial charge in [-0.25, -0.2) is 14.8 Å². The first-order valence-electron chi connectivity index (χ1n) is 7.85. The molecule has 2 rings (SSSR count). The van der Waals surface area contributed by atoms with Crippen molar-refractivity contribution in [1.29, 1.82) is 0 Å². The standard InChI is InChI=1S/C15H24N6O2/c1-10(2)12(20-14(16)23)13(22)19-11-4-8-21(9-5-11)15-17-6-3-7-18-15/h3,6-7,10-12H,4-5,8-9H2,1-2H3,(H,19,22)(H3,16,20,23). The van der Waals surface area contributed by atoms with E-state index in [0.717, 1.165) is 25.9 Å². The van der Waals surface area contributed by atoms with Crippen LogP contribution in [0.5, 0.6) is 0 Å². The third-order valence-corrected chi connectivity index (χ3v) is 3.92. The predicted octanol–water partition coefficient (Wildman–Crippen LogP) is 0.255. The van der Waals surface area contributed by atoms with E-state index in [0.29, 0.717) is 5.95 Å². The van der Waals surface area contributed by atoms with Gasteiger partial charge in [0.1, 0.15) is 6.04 Å². The third-order valence-electron chi connectivity index (χ3n) is 3.92. The number of nitrogens with zero attached hydrogens (tertiary/aromatic N) is 3. The van der Waals surface area contributed by atoms with Crippen LogP contribution in [-0.4, -0.2) is 47.1 Å². The number of nitrogens with one attached hydrogen (secondary N) is 2. The van der Waals surface area contributed by atoms with Crippen molar-refractivity contribution in [2.75, 3.05) is 18.0 Å². The van der Waals surface area contributed by atoms with Crippen LogP contribution < -0.4 is 21.3 Å². The molecule has 126 valence electrons. The number of primary amides is 1. The first-order valence-corrected chi connectivity index (χ1v) is 7.85. The molecule has 1 fully saturated rings. The Kier molecular flexibility index (Phi) is 5.72. The van der Waals surface area contributed by atoms with Crippen molar-refractivity contribution in [2.45, 2.75) is 38.8 Å². The van der Waals surface area contributed by atoms with E-state index in [9.17, 15) is 9.59 Å². The minimum Gasteiger partial charge on any atom is -0.352 e. The van der Waals surface area contributed by atoms with Gasteiger partial charge in [-0.1, -0.05) is 13.8 Å². The van der Waals surface area contributed by atoms with Crippen molar-refractivity contribution < 1.29 is 9.59 Å². The first-order chi connectivity index (χ1) is 11.0. The van der Waals surface area contributed by atoms with E-state index < -0.39 is 12.1 Å². The quantitative estimate of drug-likeness (QED) is 0.720. The maximum Gasteiger partial charge on any atom is 0.312 e. The molecular formula is C15H24N6O2. The molecule has 0 spiro atoms. The van der Waals surface area contributed by atoms with Gasteiger partial charge < -0.3 is 21.3 Å². The summed E-state index contributed by atoms with van der Waals surface area (Å²) in [6, 6.07) is 0.574. The Hall–Kier alpha value is -2.38. The smallest absolute Gasteiger partial charge is 0.312 e. The number of urea groups is 1. The monoisotopic (exact) mass is 320 g/mol. The van der Waals surface area contributed by atoms with Crippen LogP contribution >= 0.6 is 0 Å². The van der Waals surface area contributed by atoms with Gasteiger partial charge in [-0.15, -0.1) is 0 Å². The highest BCUT2D eigenvalue weighted by Gasteiger charge is 2.27.